The number of alkyl carbamates (subject to hydrolysis) is 1. The van der Waals surface area contributed by atoms with Crippen LogP contribution in [0.4, 0.5) is 4.79 Å². The second-order valence-corrected chi connectivity index (χ2v) is 19.7. The molecule has 0 aliphatic heterocycles. The third-order valence-corrected chi connectivity index (χ3v) is 14.9. The fraction of sp³-hybridized carbons (Fsp3) is 0.826. The molecule has 3 fully saturated rings. The van der Waals surface area contributed by atoms with E-state index in [0.717, 1.165) is 60.2 Å². The molecule has 0 unspecified atom stereocenters. The van der Waals surface area contributed by atoms with Gasteiger partial charge in [-0.1, -0.05) is 65.5 Å². The van der Waals surface area contributed by atoms with E-state index in [2.05, 4.69) is 51.3 Å². The molecule has 0 aromatic rings. The Labute approximate surface area is 373 Å². The molecule has 3 saturated carbocycles. The van der Waals surface area contributed by atoms with Crippen LogP contribution in [0.2, 0.25) is 0 Å². The van der Waals surface area contributed by atoms with E-state index < -0.39 is 62.1 Å². The summed E-state index contributed by atoms with van der Waals surface area (Å²) in [5.74, 6) is -0.665. The molecule has 8 atom stereocenters. The van der Waals surface area contributed by atoms with Crippen LogP contribution < -0.4 is 10.6 Å². The van der Waals surface area contributed by atoms with Crippen molar-refractivity contribution in [1.29, 1.82) is 0 Å². The van der Waals surface area contributed by atoms with Crippen LogP contribution >= 0.6 is 0 Å². The molecule has 4 rings (SSSR count). The van der Waals surface area contributed by atoms with Crippen LogP contribution in [-0.2, 0) is 33.4 Å². The van der Waals surface area contributed by atoms with Crippen molar-refractivity contribution in [2.24, 2.45) is 46.3 Å². The van der Waals surface area contributed by atoms with Crippen LogP contribution in [0.15, 0.2) is 11.6 Å². The molecular weight excluding hydrogens is 815 g/mol. The van der Waals surface area contributed by atoms with Gasteiger partial charge in [-0.3, -0.25) is 38.7 Å². The number of carbonyl (C=O) groups excluding carboxylic acids is 2. The zero-order valence-electron chi connectivity index (χ0n) is 38.5. The molecule has 4 aliphatic rings. The molecule has 6 N–H and O–H groups in total. The summed E-state index contributed by atoms with van der Waals surface area (Å²) in [6, 6.07) is 0. The van der Waals surface area contributed by atoms with Crippen molar-refractivity contribution >= 4 is 35.9 Å². The number of rotatable bonds is 28. The Hall–Kier alpha value is -3.80. The lowest BCUT2D eigenvalue weighted by atomic mass is 9.47. The molecule has 0 radical (unpaired) electrons. The molecular formula is C46H77N5O12. The number of nitrogens with one attached hydrogen (secondary N) is 2. The molecule has 0 aromatic carbocycles. The van der Waals surface area contributed by atoms with Crippen molar-refractivity contribution in [1.82, 2.24) is 25.3 Å². The maximum Gasteiger partial charge on any atom is 0.407 e. The first-order valence-electron chi connectivity index (χ1n) is 23.3. The number of carbonyl (C=O) groups is 6. The van der Waals surface area contributed by atoms with Crippen molar-refractivity contribution in [3.05, 3.63) is 11.6 Å². The monoisotopic (exact) mass is 892 g/mol. The van der Waals surface area contributed by atoms with Gasteiger partial charge in [-0.15, -0.1) is 0 Å². The summed E-state index contributed by atoms with van der Waals surface area (Å²) in [6.45, 7) is 10.6. The zero-order chi connectivity index (χ0) is 46.3. The second kappa shape index (κ2) is 24.5. The summed E-state index contributed by atoms with van der Waals surface area (Å²) in [4.78, 5) is 74.5. The molecule has 63 heavy (non-hydrogen) atoms. The molecule has 17 nitrogen and oxygen atoms in total. The largest absolute Gasteiger partial charge is 0.480 e. The molecule has 0 aromatic heterocycles. The minimum absolute atomic E-state index is 0.000567. The molecule has 0 heterocycles. The number of ether oxygens (including phenoxy) is 2. The predicted octanol–water partition coefficient (Wildman–Crippen LogP) is 4.50. The Bertz CT molecular complexity index is 1580. The summed E-state index contributed by atoms with van der Waals surface area (Å²) >= 11 is 0. The Morgan fingerprint density at radius 1 is 0.714 bits per heavy atom. The highest BCUT2D eigenvalue weighted by Crippen LogP contribution is 2.67. The van der Waals surface area contributed by atoms with Gasteiger partial charge >= 0.3 is 30.0 Å². The van der Waals surface area contributed by atoms with Crippen LogP contribution in [0.3, 0.4) is 0 Å². The first-order valence-corrected chi connectivity index (χ1v) is 23.3. The lowest BCUT2D eigenvalue weighted by molar-refractivity contribution is -0.143. The van der Waals surface area contributed by atoms with Crippen LogP contribution in [0.1, 0.15) is 105 Å². The molecule has 4 aliphatic carbocycles. The van der Waals surface area contributed by atoms with Gasteiger partial charge in [-0.25, -0.2) is 4.79 Å². The van der Waals surface area contributed by atoms with Gasteiger partial charge in [0.1, 0.15) is 6.10 Å². The van der Waals surface area contributed by atoms with Gasteiger partial charge in [0.2, 0.25) is 5.91 Å². The summed E-state index contributed by atoms with van der Waals surface area (Å²) in [6.07, 6.45) is 15.1. The van der Waals surface area contributed by atoms with E-state index in [1.807, 2.05) is 0 Å². The van der Waals surface area contributed by atoms with E-state index in [4.69, 9.17) is 19.7 Å². The fourth-order valence-corrected chi connectivity index (χ4v) is 11.8. The summed E-state index contributed by atoms with van der Waals surface area (Å²) < 4.78 is 11.5. The van der Waals surface area contributed by atoms with Crippen molar-refractivity contribution in [3.63, 3.8) is 0 Å². The van der Waals surface area contributed by atoms with Gasteiger partial charge in [-0.2, -0.15) is 0 Å². The number of carboxylic acids is 4. The third kappa shape index (κ3) is 15.7. The zero-order valence-corrected chi connectivity index (χ0v) is 38.5. The smallest absolute Gasteiger partial charge is 0.407 e. The second-order valence-electron chi connectivity index (χ2n) is 19.7. The number of nitrogens with zero attached hydrogens (tertiary/aromatic N) is 3. The van der Waals surface area contributed by atoms with Crippen LogP contribution in [0.25, 0.3) is 0 Å². The highest BCUT2D eigenvalue weighted by molar-refractivity contribution is 5.79. The van der Waals surface area contributed by atoms with Gasteiger partial charge in [0.15, 0.2) is 0 Å². The van der Waals surface area contributed by atoms with Crippen molar-refractivity contribution in [3.8, 4) is 0 Å². The van der Waals surface area contributed by atoms with E-state index in [-0.39, 0.29) is 70.5 Å². The maximum atomic E-state index is 12.8. The number of amides is 2. The quantitative estimate of drug-likeness (QED) is 0.0469. The molecule has 0 bridgehead atoms. The topological polar surface area (TPSA) is 236 Å². The number of hydrogen-bond acceptors (Lipinski definition) is 11. The van der Waals surface area contributed by atoms with Crippen LogP contribution in [-0.4, -0.2) is 162 Å². The number of allylic oxidation sites excluding steroid dienone is 1. The average Bonchev–Trinajstić information content (AvgIpc) is 3.55. The third-order valence-electron chi connectivity index (χ3n) is 14.9. The average molecular weight is 892 g/mol. The van der Waals surface area contributed by atoms with Crippen molar-refractivity contribution in [2.75, 3.05) is 85.2 Å². The normalized spacial score (nSPS) is 27.0. The minimum Gasteiger partial charge on any atom is -0.480 e. The Kier molecular flexibility index (Phi) is 20.1. The maximum absolute atomic E-state index is 12.8. The number of hydrogen-bond donors (Lipinski definition) is 6. The number of carboxylic acid groups (broad SMARTS) is 4. The van der Waals surface area contributed by atoms with Gasteiger partial charge in [-0.05, 0) is 91.3 Å². The Balaban J connectivity index is 1.13. The summed E-state index contributed by atoms with van der Waals surface area (Å²) in [7, 11) is 0. The highest BCUT2D eigenvalue weighted by atomic mass is 16.6. The highest BCUT2D eigenvalue weighted by Gasteiger charge is 2.59. The van der Waals surface area contributed by atoms with Crippen LogP contribution in [0.5, 0.6) is 0 Å². The first kappa shape index (κ1) is 51.8. The minimum atomic E-state index is -1.24. The van der Waals surface area contributed by atoms with E-state index in [9.17, 15) is 39.0 Å². The van der Waals surface area contributed by atoms with Crippen molar-refractivity contribution in [2.45, 2.75) is 111 Å². The van der Waals surface area contributed by atoms with Gasteiger partial charge in [0.05, 0.1) is 45.9 Å². The van der Waals surface area contributed by atoms with Gasteiger partial charge in [0.25, 0.3) is 0 Å². The lowest BCUT2D eigenvalue weighted by Crippen LogP contribution is -2.51. The Morgan fingerprint density at radius 2 is 1.29 bits per heavy atom. The number of aliphatic carboxylic acids is 4. The molecule has 0 spiro atoms. The standard InChI is InChI=1S/C46H77N5O12/c1-31(2)7-6-8-32(3)36-11-12-37-35-10-9-33-25-34(13-15-45(33,4)38(35)14-16-46(36,37)5)63-44(61)48-18-24-62-23-17-47-39(52)26-50(28-41(55)56)21-19-49(27-40(53)54)20-22-51(29-42(57)58)30-43(59)60/h9,31-32,34-38H,6-8,10-30H2,1-5H3,(H,47,52)(H,48,61)(H,53,54)(H,55,56)(H,57,58)(H,59,60)/t32-,34+,35+,36-,37+,38+,45+,46-/m1/s1. The van der Waals surface area contributed by atoms with E-state index in [1.165, 1.54) is 60.3 Å². The molecule has 17 heteroatoms. The van der Waals surface area contributed by atoms with Gasteiger partial charge < -0.3 is 40.5 Å². The Morgan fingerprint density at radius 3 is 1.89 bits per heavy atom. The summed E-state index contributed by atoms with van der Waals surface area (Å²) in [5, 5.41) is 42.3. The SMILES string of the molecule is CC(C)CCC[C@@H](C)[C@H]1CC[C@H]2[C@@H]3CC=C4C[C@@H](OC(=O)NCCOCCNC(=O)CN(CCN(CCN(CC(=O)O)CC(=O)O)CC(=O)O)CC(=O)O)CC[C@]4(C)[C@H]3CC[C@]12C. The molecule has 0 saturated heterocycles. The van der Waals surface area contributed by atoms with Crippen LogP contribution in [0, 0.1) is 46.3 Å². The molecule has 2 amide bonds. The van der Waals surface area contributed by atoms with E-state index in [1.54, 1.807) is 0 Å². The first-order chi connectivity index (χ1) is 29.8. The summed E-state index contributed by atoms with van der Waals surface area (Å²) in [5.41, 5.74) is 2.09. The van der Waals surface area contributed by atoms with Gasteiger partial charge in [0, 0.05) is 45.7 Å². The van der Waals surface area contributed by atoms with E-state index >= 15 is 0 Å². The molecule has 358 valence electrons. The van der Waals surface area contributed by atoms with Crippen molar-refractivity contribution < 1.29 is 58.7 Å². The lowest BCUT2D eigenvalue weighted by Gasteiger charge is -2.58. The van der Waals surface area contributed by atoms with E-state index in [0.29, 0.717) is 11.3 Å². The number of fused-ring (bicyclic) bond motifs is 5. The predicted molar refractivity (Wildman–Crippen MR) is 235 cm³/mol. The fourth-order valence-electron chi connectivity index (χ4n) is 11.8.